The van der Waals surface area contributed by atoms with Gasteiger partial charge in [0.1, 0.15) is 11.8 Å². The molecular weight excluding hydrogens is 243 g/mol. The number of hydrogen-bond acceptors (Lipinski definition) is 4. The van der Waals surface area contributed by atoms with Crippen LogP contribution in [0.4, 0.5) is 9.18 Å². The van der Waals surface area contributed by atoms with E-state index in [1.165, 1.54) is 6.92 Å². The lowest BCUT2D eigenvalue weighted by molar-refractivity contribution is 0.0564. The number of nitrogens with zero attached hydrogens (tertiary/aromatic N) is 1. The van der Waals surface area contributed by atoms with Gasteiger partial charge in [0.05, 0.1) is 10.9 Å². The number of thioether (sulfide) groups is 1. The van der Waals surface area contributed by atoms with E-state index in [2.05, 4.69) is 16.9 Å². The predicted octanol–water partition coefficient (Wildman–Crippen LogP) is 2.85. The Labute approximate surface area is 105 Å². The number of aliphatic imine (C=N–C) groups is 1. The lowest BCUT2D eigenvalue weighted by atomic mass is 10.2. The molecule has 1 rings (SSSR count). The molecule has 0 radical (unpaired) electrons. The van der Waals surface area contributed by atoms with Gasteiger partial charge in [0.2, 0.25) is 0 Å². The summed E-state index contributed by atoms with van der Waals surface area (Å²) in [5.41, 5.74) is -0.145. The number of carbonyl (C=O) groups is 1. The number of rotatable bonds is 1. The summed E-state index contributed by atoms with van der Waals surface area (Å²) < 4.78 is 18.2. The molecule has 0 saturated heterocycles. The minimum atomic E-state index is -1.06. The average molecular weight is 260 g/mol. The van der Waals surface area contributed by atoms with Crippen LogP contribution in [0.1, 0.15) is 27.7 Å². The Morgan fingerprint density at radius 2 is 2.24 bits per heavy atom. The van der Waals surface area contributed by atoms with Crippen LogP contribution >= 0.6 is 11.8 Å². The molecule has 4 nitrogen and oxygen atoms in total. The van der Waals surface area contributed by atoms with Crippen LogP contribution in [0.25, 0.3) is 0 Å². The van der Waals surface area contributed by atoms with Gasteiger partial charge in [-0.3, -0.25) is 5.32 Å². The molecular formula is C11H17FN2O2S. The van der Waals surface area contributed by atoms with Gasteiger partial charge in [0.15, 0.2) is 5.17 Å². The Morgan fingerprint density at radius 1 is 1.65 bits per heavy atom. The standard InChI is InChI=1S/C11H17FN2O2S/c1-6(12)8-7(2)13-9(17-8)14-10(15)16-11(3,4)5/h6,8H,2H2,1,3-5H3,(H,13,14,15). The molecule has 1 heterocycles. The number of alkyl carbamates (subject to hydrolysis) is 1. The van der Waals surface area contributed by atoms with Gasteiger partial charge in [0.25, 0.3) is 0 Å². The second-order valence-electron chi connectivity index (χ2n) is 4.75. The summed E-state index contributed by atoms with van der Waals surface area (Å²) in [6.45, 7) is 10.4. The summed E-state index contributed by atoms with van der Waals surface area (Å²) >= 11 is 1.14. The molecule has 1 aliphatic heterocycles. The van der Waals surface area contributed by atoms with Crippen molar-refractivity contribution in [3.05, 3.63) is 12.3 Å². The van der Waals surface area contributed by atoms with Crippen LogP contribution in [0.2, 0.25) is 0 Å². The van der Waals surface area contributed by atoms with Crippen LogP contribution in [0.3, 0.4) is 0 Å². The fraction of sp³-hybridized carbons (Fsp3) is 0.636. The average Bonchev–Trinajstić information content (AvgIpc) is 2.42. The molecule has 96 valence electrons. The quantitative estimate of drug-likeness (QED) is 0.788. The first-order valence-corrected chi connectivity index (χ1v) is 6.15. The summed E-state index contributed by atoms with van der Waals surface area (Å²) in [5, 5.41) is 2.38. The Hall–Kier alpha value is -1.04. The third kappa shape index (κ3) is 4.38. The molecule has 6 heteroatoms. The van der Waals surface area contributed by atoms with Gasteiger partial charge in [-0.2, -0.15) is 0 Å². The number of amidine groups is 1. The highest BCUT2D eigenvalue weighted by Crippen LogP contribution is 2.31. The summed E-state index contributed by atoms with van der Waals surface area (Å²) in [5.74, 6) is 0. The Bertz CT molecular complexity index is 361. The van der Waals surface area contributed by atoms with Crippen LogP contribution < -0.4 is 5.32 Å². The zero-order valence-corrected chi connectivity index (χ0v) is 11.2. The predicted molar refractivity (Wildman–Crippen MR) is 67.9 cm³/mol. The van der Waals surface area contributed by atoms with Crippen molar-refractivity contribution in [2.45, 2.75) is 44.7 Å². The molecule has 1 amide bonds. The number of alkyl halides is 1. The van der Waals surface area contributed by atoms with E-state index in [0.717, 1.165) is 11.8 Å². The molecule has 0 aliphatic carbocycles. The molecule has 2 atom stereocenters. The van der Waals surface area contributed by atoms with Crippen molar-refractivity contribution in [2.24, 2.45) is 4.99 Å². The van der Waals surface area contributed by atoms with Crippen LogP contribution in [-0.4, -0.2) is 28.3 Å². The highest BCUT2D eigenvalue weighted by Gasteiger charge is 2.30. The Kier molecular flexibility index (Phi) is 4.19. The van der Waals surface area contributed by atoms with Gasteiger partial charge in [-0.15, -0.1) is 0 Å². The van der Waals surface area contributed by atoms with Gasteiger partial charge in [-0.05, 0) is 27.7 Å². The third-order valence-corrected chi connectivity index (χ3v) is 3.15. The van der Waals surface area contributed by atoms with E-state index in [-0.39, 0.29) is 0 Å². The molecule has 1 N–H and O–H groups in total. The molecule has 17 heavy (non-hydrogen) atoms. The van der Waals surface area contributed by atoms with Crippen LogP contribution in [-0.2, 0) is 4.74 Å². The van der Waals surface area contributed by atoms with Gasteiger partial charge in [0, 0.05) is 0 Å². The van der Waals surface area contributed by atoms with E-state index in [4.69, 9.17) is 4.74 Å². The van der Waals surface area contributed by atoms with Gasteiger partial charge in [-0.25, -0.2) is 14.2 Å². The summed E-state index contributed by atoms with van der Waals surface area (Å²) in [6.07, 6.45) is -1.65. The SMILES string of the molecule is C=C1N=C(NC(=O)OC(C)(C)C)SC1C(C)F. The monoisotopic (exact) mass is 260 g/mol. The summed E-state index contributed by atoms with van der Waals surface area (Å²) in [7, 11) is 0. The van der Waals surface area contributed by atoms with Crippen molar-refractivity contribution < 1.29 is 13.9 Å². The van der Waals surface area contributed by atoms with Crippen LogP contribution in [0.15, 0.2) is 17.3 Å². The van der Waals surface area contributed by atoms with Gasteiger partial charge >= 0.3 is 6.09 Å². The first-order valence-electron chi connectivity index (χ1n) is 5.27. The van der Waals surface area contributed by atoms with E-state index in [9.17, 15) is 9.18 Å². The van der Waals surface area contributed by atoms with Gasteiger partial charge in [-0.1, -0.05) is 18.3 Å². The topological polar surface area (TPSA) is 50.7 Å². The second kappa shape index (κ2) is 5.08. The lowest BCUT2D eigenvalue weighted by Gasteiger charge is -2.19. The first-order chi connectivity index (χ1) is 7.69. The van der Waals surface area contributed by atoms with Crippen LogP contribution in [0.5, 0.6) is 0 Å². The van der Waals surface area contributed by atoms with Crippen molar-refractivity contribution in [1.29, 1.82) is 0 Å². The molecule has 0 bridgehead atoms. The van der Waals surface area contributed by atoms with Crippen molar-refractivity contribution in [2.75, 3.05) is 0 Å². The highest BCUT2D eigenvalue weighted by atomic mass is 32.2. The number of hydrogen-bond donors (Lipinski definition) is 1. The first kappa shape index (κ1) is 14.0. The maximum absolute atomic E-state index is 13.1. The van der Waals surface area contributed by atoms with Crippen molar-refractivity contribution >= 4 is 23.0 Å². The number of halogens is 1. The minimum Gasteiger partial charge on any atom is -0.444 e. The van der Waals surface area contributed by atoms with E-state index < -0.39 is 23.1 Å². The zero-order valence-electron chi connectivity index (χ0n) is 10.4. The van der Waals surface area contributed by atoms with E-state index >= 15 is 0 Å². The number of carbonyl (C=O) groups excluding carboxylic acids is 1. The summed E-state index contributed by atoms with van der Waals surface area (Å²) in [6, 6.07) is 0. The molecule has 0 fully saturated rings. The Morgan fingerprint density at radius 3 is 2.65 bits per heavy atom. The molecule has 1 aliphatic rings. The second-order valence-corrected chi connectivity index (χ2v) is 5.88. The van der Waals surface area contributed by atoms with E-state index in [1.807, 2.05) is 0 Å². The zero-order chi connectivity index (χ0) is 13.2. The highest BCUT2D eigenvalue weighted by molar-refractivity contribution is 8.14. The number of nitrogens with one attached hydrogen (secondary N) is 1. The van der Waals surface area contributed by atoms with Crippen LogP contribution in [0, 0.1) is 0 Å². The van der Waals surface area contributed by atoms with Crippen molar-refractivity contribution in [1.82, 2.24) is 5.32 Å². The minimum absolute atomic E-state index is 0.332. The molecule has 0 aromatic carbocycles. The Balaban J connectivity index is 2.53. The van der Waals surface area contributed by atoms with Crippen molar-refractivity contribution in [3.8, 4) is 0 Å². The van der Waals surface area contributed by atoms with Crippen molar-refractivity contribution in [3.63, 3.8) is 0 Å². The molecule has 0 aromatic rings. The fourth-order valence-electron chi connectivity index (χ4n) is 1.22. The number of amides is 1. The third-order valence-electron chi connectivity index (χ3n) is 1.84. The normalized spacial score (nSPS) is 22.1. The van der Waals surface area contributed by atoms with Gasteiger partial charge < -0.3 is 4.74 Å². The van der Waals surface area contributed by atoms with E-state index in [1.54, 1.807) is 20.8 Å². The molecule has 0 aromatic heterocycles. The molecule has 0 spiro atoms. The number of ether oxygens (including phenoxy) is 1. The van der Waals surface area contributed by atoms with E-state index in [0.29, 0.717) is 10.9 Å². The maximum atomic E-state index is 13.1. The largest absolute Gasteiger partial charge is 0.444 e. The smallest absolute Gasteiger partial charge is 0.413 e. The maximum Gasteiger partial charge on any atom is 0.413 e. The lowest BCUT2D eigenvalue weighted by Crippen LogP contribution is -2.35. The summed E-state index contributed by atoms with van der Waals surface area (Å²) in [4.78, 5) is 15.4. The molecule has 0 saturated carbocycles. The fourth-order valence-corrected chi connectivity index (χ4v) is 2.14. The molecule has 2 unspecified atom stereocenters.